The molecule has 0 saturated heterocycles. The molecular formula is C17H26N4O3S2. The fraction of sp³-hybridized carbons (Fsp3) is 0.471. The van der Waals surface area contributed by atoms with Gasteiger partial charge in [-0.3, -0.25) is 20.0 Å². The number of hydrazine groups is 1. The van der Waals surface area contributed by atoms with Gasteiger partial charge in [-0.1, -0.05) is 12.1 Å². The Bertz CT molecular complexity index is 626. The van der Waals surface area contributed by atoms with E-state index in [4.69, 9.17) is 17.0 Å². The lowest BCUT2D eigenvalue weighted by Gasteiger charge is -2.22. The second kappa shape index (κ2) is 11.7. The van der Waals surface area contributed by atoms with Crippen molar-refractivity contribution < 1.29 is 14.3 Å². The monoisotopic (exact) mass is 398 g/mol. The van der Waals surface area contributed by atoms with E-state index in [1.807, 2.05) is 12.1 Å². The van der Waals surface area contributed by atoms with E-state index in [1.165, 1.54) is 21.7 Å². The van der Waals surface area contributed by atoms with Gasteiger partial charge in [-0.15, -0.1) is 11.8 Å². The molecule has 26 heavy (non-hydrogen) atoms. The van der Waals surface area contributed by atoms with Crippen LogP contribution < -0.4 is 10.7 Å². The third-order valence-electron chi connectivity index (χ3n) is 3.36. The van der Waals surface area contributed by atoms with Crippen LogP contribution in [-0.2, 0) is 9.53 Å². The first-order valence-electron chi connectivity index (χ1n) is 8.10. The molecule has 9 heteroatoms. The number of carbonyl (C=O) groups excluding carboxylic acids is 2. The standard InChI is InChI=1S/C17H26N4O3S2/c1-20(2)15(22)12-26-14-9-6-5-8-13(14)16(23)19-21(3)17(25)18-10-7-11-24-4/h5-6,8-9H,7,10-12H2,1-4H3,(H,18,25)(H,19,23). The molecule has 1 aromatic rings. The van der Waals surface area contributed by atoms with E-state index in [1.54, 1.807) is 40.4 Å². The average Bonchev–Trinajstić information content (AvgIpc) is 2.62. The lowest BCUT2D eigenvalue weighted by Crippen LogP contribution is -2.48. The van der Waals surface area contributed by atoms with E-state index in [-0.39, 0.29) is 17.6 Å². The highest BCUT2D eigenvalue weighted by molar-refractivity contribution is 8.00. The summed E-state index contributed by atoms with van der Waals surface area (Å²) in [5.74, 6) is -0.0234. The summed E-state index contributed by atoms with van der Waals surface area (Å²) in [6.45, 7) is 1.30. The Balaban J connectivity index is 2.63. The zero-order chi connectivity index (χ0) is 19.5. The van der Waals surface area contributed by atoms with Gasteiger partial charge in [0, 0.05) is 46.3 Å². The maximum Gasteiger partial charge on any atom is 0.270 e. The second-order valence-electron chi connectivity index (χ2n) is 5.65. The molecule has 0 aromatic heterocycles. The normalized spacial score (nSPS) is 10.2. The summed E-state index contributed by atoms with van der Waals surface area (Å²) in [5, 5.41) is 4.94. The SMILES string of the molecule is COCCCNC(=S)N(C)NC(=O)c1ccccc1SCC(=O)N(C)C. The third kappa shape index (κ3) is 7.59. The number of rotatable bonds is 8. The van der Waals surface area contributed by atoms with Gasteiger partial charge >= 0.3 is 0 Å². The number of hydrogen-bond donors (Lipinski definition) is 2. The Hall–Kier alpha value is -1.84. The van der Waals surface area contributed by atoms with Gasteiger partial charge < -0.3 is 15.0 Å². The molecule has 0 atom stereocenters. The van der Waals surface area contributed by atoms with E-state index in [0.717, 1.165) is 11.3 Å². The summed E-state index contributed by atoms with van der Waals surface area (Å²) < 4.78 is 4.98. The molecule has 0 saturated carbocycles. The van der Waals surface area contributed by atoms with Gasteiger partial charge in [-0.25, -0.2) is 0 Å². The highest BCUT2D eigenvalue weighted by Crippen LogP contribution is 2.22. The summed E-state index contributed by atoms with van der Waals surface area (Å²) in [7, 11) is 6.73. The van der Waals surface area contributed by atoms with Crippen LogP contribution in [0.25, 0.3) is 0 Å². The largest absolute Gasteiger partial charge is 0.385 e. The van der Waals surface area contributed by atoms with Crippen molar-refractivity contribution in [2.45, 2.75) is 11.3 Å². The number of amides is 2. The Labute approximate surface area is 164 Å². The lowest BCUT2D eigenvalue weighted by atomic mass is 10.2. The van der Waals surface area contributed by atoms with Crippen molar-refractivity contribution >= 4 is 40.9 Å². The van der Waals surface area contributed by atoms with Crippen LogP contribution in [0, 0.1) is 0 Å². The van der Waals surface area contributed by atoms with E-state index >= 15 is 0 Å². The van der Waals surface area contributed by atoms with Crippen molar-refractivity contribution in [2.75, 3.05) is 47.2 Å². The van der Waals surface area contributed by atoms with Crippen LogP contribution in [0.5, 0.6) is 0 Å². The molecule has 0 unspecified atom stereocenters. The molecular weight excluding hydrogens is 372 g/mol. The van der Waals surface area contributed by atoms with Gasteiger partial charge in [0.25, 0.3) is 5.91 Å². The number of hydrogen-bond acceptors (Lipinski definition) is 5. The highest BCUT2D eigenvalue weighted by Gasteiger charge is 2.15. The molecule has 1 rings (SSSR count). The van der Waals surface area contributed by atoms with Gasteiger partial charge in [-0.05, 0) is 30.8 Å². The quantitative estimate of drug-likeness (QED) is 0.296. The molecule has 0 heterocycles. The zero-order valence-corrected chi connectivity index (χ0v) is 17.2. The van der Waals surface area contributed by atoms with Crippen molar-refractivity contribution in [1.29, 1.82) is 0 Å². The molecule has 0 fully saturated rings. The van der Waals surface area contributed by atoms with Crippen LogP contribution in [0.2, 0.25) is 0 Å². The van der Waals surface area contributed by atoms with Gasteiger partial charge in [0.05, 0.1) is 11.3 Å². The first kappa shape index (κ1) is 22.2. The van der Waals surface area contributed by atoms with E-state index in [9.17, 15) is 9.59 Å². The fourth-order valence-electron chi connectivity index (χ4n) is 1.84. The number of methoxy groups -OCH3 is 1. The van der Waals surface area contributed by atoms with Crippen LogP contribution in [0.3, 0.4) is 0 Å². The Morgan fingerprint density at radius 2 is 1.92 bits per heavy atom. The van der Waals surface area contributed by atoms with Crippen molar-refractivity contribution in [2.24, 2.45) is 0 Å². The summed E-state index contributed by atoms with van der Waals surface area (Å²) in [5.41, 5.74) is 3.24. The summed E-state index contributed by atoms with van der Waals surface area (Å²) in [4.78, 5) is 26.6. The average molecular weight is 399 g/mol. The number of carbonyl (C=O) groups is 2. The summed E-state index contributed by atoms with van der Waals surface area (Å²) >= 11 is 6.58. The zero-order valence-electron chi connectivity index (χ0n) is 15.6. The third-order valence-corrected chi connectivity index (χ3v) is 4.83. The highest BCUT2D eigenvalue weighted by atomic mass is 32.2. The lowest BCUT2D eigenvalue weighted by molar-refractivity contribution is -0.125. The molecule has 7 nitrogen and oxygen atoms in total. The summed E-state index contributed by atoms with van der Waals surface area (Å²) in [6.07, 6.45) is 0.817. The minimum absolute atomic E-state index is 0.0104. The summed E-state index contributed by atoms with van der Waals surface area (Å²) in [6, 6.07) is 7.17. The molecule has 0 aliphatic rings. The van der Waals surface area contributed by atoms with Crippen LogP contribution in [0.1, 0.15) is 16.8 Å². The van der Waals surface area contributed by atoms with E-state index in [2.05, 4.69) is 10.7 Å². The van der Waals surface area contributed by atoms with E-state index < -0.39 is 0 Å². The van der Waals surface area contributed by atoms with Crippen LogP contribution in [0.4, 0.5) is 0 Å². The predicted molar refractivity (Wildman–Crippen MR) is 108 cm³/mol. The van der Waals surface area contributed by atoms with Crippen molar-refractivity contribution in [3.63, 3.8) is 0 Å². The maximum atomic E-state index is 12.6. The first-order chi connectivity index (χ1) is 12.4. The number of benzene rings is 1. The van der Waals surface area contributed by atoms with Crippen molar-refractivity contribution in [1.82, 2.24) is 20.7 Å². The van der Waals surface area contributed by atoms with E-state index in [0.29, 0.717) is 23.8 Å². The molecule has 0 spiro atoms. The number of nitrogens with one attached hydrogen (secondary N) is 2. The van der Waals surface area contributed by atoms with Crippen LogP contribution in [0.15, 0.2) is 29.2 Å². The second-order valence-corrected chi connectivity index (χ2v) is 7.06. The van der Waals surface area contributed by atoms with Gasteiger partial charge in [0.2, 0.25) is 5.91 Å². The van der Waals surface area contributed by atoms with Gasteiger partial charge in [-0.2, -0.15) is 0 Å². The molecule has 0 aliphatic heterocycles. The number of thioether (sulfide) groups is 1. The Morgan fingerprint density at radius 3 is 2.58 bits per heavy atom. The topological polar surface area (TPSA) is 73.9 Å². The molecule has 0 radical (unpaired) electrons. The van der Waals surface area contributed by atoms with Gasteiger partial charge in [0.1, 0.15) is 0 Å². The maximum absolute atomic E-state index is 12.6. The number of thiocarbonyl (C=S) groups is 1. The minimum atomic E-state index is -0.283. The minimum Gasteiger partial charge on any atom is -0.385 e. The number of nitrogens with zero attached hydrogens (tertiary/aromatic N) is 2. The molecule has 0 bridgehead atoms. The Morgan fingerprint density at radius 1 is 1.23 bits per heavy atom. The molecule has 2 N–H and O–H groups in total. The fourth-order valence-corrected chi connectivity index (χ4v) is 3.02. The predicted octanol–water partition coefficient (Wildman–Crippen LogP) is 1.35. The molecule has 1 aromatic carbocycles. The molecule has 2 amide bonds. The number of ether oxygens (including phenoxy) is 1. The van der Waals surface area contributed by atoms with Crippen LogP contribution in [-0.4, -0.2) is 74.0 Å². The van der Waals surface area contributed by atoms with Crippen LogP contribution >= 0.6 is 24.0 Å². The molecule has 144 valence electrons. The van der Waals surface area contributed by atoms with Crippen molar-refractivity contribution in [3.05, 3.63) is 29.8 Å². The molecule has 0 aliphatic carbocycles. The van der Waals surface area contributed by atoms with Crippen molar-refractivity contribution in [3.8, 4) is 0 Å². The van der Waals surface area contributed by atoms with Gasteiger partial charge in [0.15, 0.2) is 5.11 Å². The smallest absolute Gasteiger partial charge is 0.270 e. The first-order valence-corrected chi connectivity index (χ1v) is 9.49. The Kier molecular flexibility index (Phi) is 10.0.